The molecule has 3 rings (SSSR count). The van der Waals surface area contributed by atoms with Crippen molar-refractivity contribution in [2.24, 2.45) is 5.92 Å². The number of pyridine rings is 1. The number of hydrogen-bond acceptors (Lipinski definition) is 3. The molecule has 3 heterocycles. The van der Waals surface area contributed by atoms with Crippen molar-refractivity contribution in [2.45, 2.75) is 44.7 Å². The summed E-state index contributed by atoms with van der Waals surface area (Å²) in [6.07, 6.45) is 4.54. The fourth-order valence-electron chi connectivity index (χ4n) is 3.51. The first kappa shape index (κ1) is 11.8. The molecule has 0 aromatic carbocycles. The number of piperidine rings is 1. The maximum Gasteiger partial charge on any atom is 0.184 e. The van der Waals surface area contributed by atoms with Crippen molar-refractivity contribution in [3.05, 3.63) is 29.6 Å². The van der Waals surface area contributed by atoms with Crippen LogP contribution in [0.5, 0.6) is 0 Å². The second-order valence-corrected chi connectivity index (χ2v) is 5.75. The molecule has 0 saturated carbocycles. The second-order valence-electron chi connectivity index (χ2n) is 5.75. The van der Waals surface area contributed by atoms with Gasteiger partial charge in [0, 0.05) is 23.7 Å². The summed E-state index contributed by atoms with van der Waals surface area (Å²) in [5.41, 5.74) is 1.58. The third-order valence-electron chi connectivity index (χ3n) is 4.61. The monoisotopic (exact) mass is 244 g/mol. The Hall–Kier alpha value is -1.22. The molecule has 2 aliphatic rings. The van der Waals surface area contributed by atoms with Crippen molar-refractivity contribution in [1.82, 2.24) is 9.88 Å². The Bertz CT molecular complexity index is 457. The third-order valence-corrected chi connectivity index (χ3v) is 4.61. The van der Waals surface area contributed by atoms with Gasteiger partial charge in [-0.15, -0.1) is 0 Å². The first-order valence-electron chi connectivity index (χ1n) is 6.85. The van der Waals surface area contributed by atoms with E-state index in [4.69, 9.17) is 0 Å². The largest absolute Gasteiger partial charge is 0.300 e. The summed E-state index contributed by atoms with van der Waals surface area (Å²) in [5.74, 6) is 0.441. The molecule has 0 N–H and O–H groups in total. The molecule has 2 fully saturated rings. The molecule has 0 aliphatic carbocycles. The Morgan fingerprint density at radius 1 is 1.28 bits per heavy atom. The molecule has 18 heavy (non-hydrogen) atoms. The minimum absolute atomic E-state index is 0.188. The number of Topliss-reactive ketones (excluding diaryl/α,β-unsaturated/α-hetero) is 1. The van der Waals surface area contributed by atoms with Gasteiger partial charge < -0.3 is 4.90 Å². The lowest BCUT2D eigenvalue weighted by Gasteiger charge is -2.35. The number of carbonyl (C=O) groups excluding carboxylic acids is 1. The van der Waals surface area contributed by atoms with E-state index in [0.29, 0.717) is 17.8 Å². The first-order valence-corrected chi connectivity index (χ1v) is 6.85. The van der Waals surface area contributed by atoms with Gasteiger partial charge in [-0.2, -0.15) is 0 Å². The van der Waals surface area contributed by atoms with E-state index in [1.165, 1.54) is 12.8 Å². The minimum Gasteiger partial charge on any atom is -0.300 e. The van der Waals surface area contributed by atoms with Gasteiger partial charge in [0.2, 0.25) is 0 Å². The van der Waals surface area contributed by atoms with Crippen LogP contribution in [0.1, 0.15) is 41.9 Å². The number of nitrogens with zero attached hydrogens (tertiary/aromatic N) is 2. The highest BCUT2D eigenvalue weighted by molar-refractivity contribution is 5.96. The smallest absolute Gasteiger partial charge is 0.184 e. The quantitative estimate of drug-likeness (QED) is 0.749. The molecule has 2 unspecified atom stereocenters. The van der Waals surface area contributed by atoms with Gasteiger partial charge in [-0.05, 0) is 51.8 Å². The standard InChI is InChI=1S/C15H20N2O/c1-10-4-3-5-14(16-10)15(18)11-8-12-6-7-13(9-11)17(12)2/h3-5,11-13H,6-9H2,1-2H3. The zero-order valence-electron chi connectivity index (χ0n) is 11.1. The van der Waals surface area contributed by atoms with Crippen molar-refractivity contribution in [3.63, 3.8) is 0 Å². The summed E-state index contributed by atoms with van der Waals surface area (Å²) >= 11 is 0. The Labute approximate surface area is 108 Å². The molecule has 1 aromatic heterocycles. The number of fused-ring (bicyclic) bond motifs is 2. The van der Waals surface area contributed by atoms with Gasteiger partial charge in [0.1, 0.15) is 5.69 Å². The van der Waals surface area contributed by atoms with Crippen LogP contribution >= 0.6 is 0 Å². The molecule has 0 amide bonds. The summed E-state index contributed by atoms with van der Waals surface area (Å²) in [7, 11) is 2.20. The molecular weight excluding hydrogens is 224 g/mol. The van der Waals surface area contributed by atoms with Crippen LogP contribution in [-0.2, 0) is 0 Å². The Kier molecular flexibility index (Phi) is 2.94. The van der Waals surface area contributed by atoms with Crippen LogP contribution in [0, 0.1) is 12.8 Å². The number of carbonyl (C=O) groups is 1. The van der Waals surface area contributed by atoms with Crippen molar-refractivity contribution < 1.29 is 4.79 Å². The highest BCUT2D eigenvalue weighted by Gasteiger charge is 2.41. The van der Waals surface area contributed by atoms with Crippen molar-refractivity contribution in [1.29, 1.82) is 0 Å². The molecule has 2 aliphatic heterocycles. The van der Waals surface area contributed by atoms with Gasteiger partial charge in [-0.25, -0.2) is 0 Å². The van der Waals surface area contributed by atoms with Crippen LogP contribution in [-0.4, -0.2) is 34.8 Å². The van der Waals surface area contributed by atoms with Crippen molar-refractivity contribution in [2.75, 3.05) is 7.05 Å². The predicted octanol–water partition coefficient (Wildman–Crippen LogP) is 2.45. The molecule has 96 valence electrons. The summed E-state index contributed by atoms with van der Waals surface area (Å²) in [5, 5.41) is 0. The average Bonchev–Trinajstić information content (AvgIpc) is 2.61. The highest BCUT2D eigenvalue weighted by atomic mass is 16.1. The van der Waals surface area contributed by atoms with E-state index in [1.54, 1.807) is 0 Å². The summed E-state index contributed by atoms with van der Waals surface area (Å²) in [6.45, 7) is 1.94. The van der Waals surface area contributed by atoms with Gasteiger partial charge >= 0.3 is 0 Å². The molecule has 2 saturated heterocycles. The second kappa shape index (κ2) is 4.47. The van der Waals surface area contributed by atoms with Crippen LogP contribution in [0.4, 0.5) is 0 Å². The van der Waals surface area contributed by atoms with Gasteiger partial charge in [0.15, 0.2) is 5.78 Å². The lowest BCUT2D eigenvalue weighted by atomic mass is 9.86. The number of hydrogen-bond donors (Lipinski definition) is 0. The fraction of sp³-hybridized carbons (Fsp3) is 0.600. The SMILES string of the molecule is Cc1cccc(C(=O)C2CC3CCC(C2)N3C)n1. The number of aromatic nitrogens is 1. The van der Waals surface area contributed by atoms with Crippen LogP contribution in [0.3, 0.4) is 0 Å². The van der Waals surface area contributed by atoms with Crippen molar-refractivity contribution in [3.8, 4) is 0 Å². The van der Waals surface area contributed by atoms with E-state index in [9.17, 15) is 4.79 Å². The fourth-order valence-corrected chi connectivity index (χ4v) is 3.51. The highest BCUT2D eigenvalue weighted by Crippen LogP contribution is 2.38. The van der Waals surface area contributed by atoms with Crippen LogP contribution in [0.15, 0.2) is 18.2 Å². The van der Waals surface area contributed by atoms with Crippen LogP contribution < -0.4 is 0 Å². The van der Waals surface area contributed by atoms with E-state index < -0.39 is 0 Å². The van der Waals surface area contributed by atoms with E-state index in [1.807, 2.05) is 25.1 Å². The summed E-state index contributed by atoms with van der Waals surface area (Å²) in [6, 6.07) is 6.95. The Balaban J connectivity index is 1.78. The molecule has 3 nitrogen and oxygen atoms in total. The third kappa shape index (κ3) is 1.97. The van der Waals surface area contributed by atoms with E-state index in [0.717, 1.165) is 18.5 Å². The topological polar surface area (TPSA) is 33.2 Å². The van der Waals surface area contributed by atoms with Crippen molar-refractivity contribution >= 4 is 5.78 Å². The molecule has 2 bridgehead atoms. The zero-order chi connectivity index (χ0) is 12.7. The normalized spacial score (nSPS) is 31.6. The Morgan fingerprint density at radius 3 is 2.56 bits per heavy atom. The summed E-state index contributed by atoms with van der Waals surface area (Å²) in [4.78, 5) is 19.3. The first-order chi connectivity index (χ1) is 8.65. The molecule has 0 radical (unpaired) electrons. The van der Waals surface area contributed by atoms with Gasteiger partial charge in [0.25, 0.3) is 0 Å². The van der Waals surface area contributed by atoms with Gasteiger partial charge in [-0.1, -0.05) is 6.07 Å². The van der Waals surface area contributed by atoms with E-state index in [2.05, 4.69) is 16.9 Å². The maximum atomic E-state index is 12.5. The van der Waals surface area contributed by atoms with Gasteiger partial charge in [-0.3, -0.25) is 9.78 Å². The lowest BCUT2D eigenvalue weighted by Crippen LogP contribution is -2.42. The number of ketones is 1. The molecule has 3 heteroatoms. The molecule has 1 aromatic rings. The summed E-state index contributed by atoms with van der Waals surface area (Å²) < 4.78 is 0. The Morgan fingerprint density at radius 2 is 1.94 bits per heavy atom. The minimum atomic E-state index is 0.188. The molecule has 2 atom stereocenters. The zero-order valence-corrected chi connectivity index (χ0v) is 11.1. The maximum absolute atomic E-state index is 12.5. The van der Waals surface area contributed by atoms with Gasteiger partial charge in [0.05, 0.1) is 0 Å². The number of rotatable bonds is 2. The van der Waals surface area contributed by atoms with E-state index in [-0.39, 0.29) is 11.7 Å². The predicted molar refractivity (Wildman–Crippen MR) is 70.6 cm³/mol. The lowest BCUT2D eigenvalue weighted by molar-refractivity contribution is 0.0762. The average molecular weight is 244 g/mol. The van der Waals surface area contributed by atoms with Crippen LogP contribution in [0.2, 0.25) is 0 Å². The molecular formula is C15H20N2O. The van der Waals surface area contributed by atoms with E-state index >= 15 is 0 Å². The van der Waals surface area contributed by atoms with Crippen LogP contribution in [0.25, 0.3) is 0 Å². The number of aryl methyl sites for hydroxylation is 1. The molecule has 0 spiro atoms.